The zero-order valence-electron chi connectivity index (χ0n) is 14.9. The molecular weight excluding hydrogens is 324 g/mol. The Hall–Kier alpha value is -3.08. The summed E-state index contributed by atoms with van der Waals surface area (Å²) < 4.78 is 1.97. The normalized spacial score (nSPS) is 12.7. The molecule has 0 radical (unpaired) electrons. The number of hydrogen-bond acceptors (Lipinski definition) is 2. The van der Waals surface area contributed by atoms with E-state index < -0.39 is 0 Å². The lowest BCUT2D eigenvalue weighted by molar-refractivity contribution is -0.122. The molecule has 0 aliphatic heterocycles. The molecule has 0 spiro atoms. The number of aromatic amines is 1. The summed E-state index contributed by atoms with van der Waals surface area (Å²) in [4.78, 5) is 20.7. The molecule has 1 amide bonds. The summed E-state index contributed by atoms with van der Waals surface area (Å²) in [6.07, 6.45) is 1.95. The highest BCUT2D eigenvalue weighted by Gasteiger charge is 2.22. The fraction of sp³-hybridized carbons (Fsp3) is 0.238. The molecule has 4 aromatic rings. The molecule has 4 rings (SSSR count). The molecule has 0 unspecified atom stereocenters. The molecular formula is C21H22N4O. The summed E-state index contributed by atoms with van der Waals surface area (Å²) in [5, 5.41) is 4.28. The first-order valence-corrected chi connectivity index (χ1v) is 8.90. The third-order valence-corrected chi connectivity index (χ3v) is 4.68. The molecule has 5 nitrogen and oxygen atoms in total. The maximum atomic E-state index is 12.7. The summed E-state index contributed by atoms with van der Waals surface area (Å²) in [6.45, 7) is 4.46. The van der Waals surface area contributed by atoms with E-state index >= 15 is 0 Å². The van der Waals surface area contributed by atoms with Crippen LogP contribution in [0.2, 0.25) is 0 Å². The van der Waals surface area contributed by atoms with Crippen LogP contribution in [0.3, 0.4) is 0 Å². The van der Waals surface area contributed by atoms with Crippen LogP contribution in [0.25, 0.3) is 21.9 Å². The third-order valence-electron chi connectivity index (χ3n) is 4.68. The van der Waals surface area contributed by atoms with E-state index in [1.54, 1.807) is 0 Å². The summed E-state index contributed by atoms with van der Waals surface area (Å²) in [5.74, 6) is 0.998. The number of nitrogens with one attached hydrogen (secondary N) is 2. The molecule has 2 heterocycles. The molecule has 1 atom stereocenters. The molecule has 2 aromatic heterocycles. The van der Waals surface area contributed by atoms with Crippen molar-refractivity contribution in [1.29, 1.82) is 0 Å². The van der Waals surface area contributed by atoms with Crippen molar-refractivity contribution in [2.24, 2.45) is 5.92 Å². The number of rotatable bonds is 5. The standard InChI is InChI=1S/C21H22N4O/c1-14(2)20(21-22-16-8-4-5-9-17(16)23-21)24-19(26)13-25-12-11-15-7-3-6-10-18(15)25/h3-12,14,20H,13H2,1-2H3,(H,22,23)(H,24,26)/t20-/m1/s1. The number of hydrogen-bond donors (Lipinski definition) is 2. The predicted octanol–water partition coefficient (Wildman–Crippen LogP) is 4.03. The van der Waals surface area contributed by atoms with Gasteiger partial charge in [0, 0.05) is 11.7 Å². The number of carbonyl (C=O) groups excluding carboxylic acids is 1. The van der Waals surface area contributed by atoms with Gasteiger partial charge in [0.2, 0.25) is 5.91 Å². The second-order valence-corrected chi connectivity index (χ2v) is 6.93. The summed E-state index contributed by atoms with van der Waals surface area (Å²) >= 11 is 0. The topological polar surface area (TPSA) is 62.7 Å². The van der Waals surface area contributed by atoms with Crippen LogP contribution in [-0.2, 0) is 11.3 Å². The van der Waals surface area contributed by atoms with Gasteiger partial charge in [0.1, 0.15) is 12.4 Å². The highest BCUT2D eigenvalue weighted by molar-refractivity contribution is 5.83. The third kappa shape index (κ3) is 3.08. The molecule has 2 aromatic carbocycles. The number of nitrogens with zero attached hydrogens (tertiary/aromatic N) is 2. The largest absolute Gasteiger partial charge is 0.344 e. The van der Waals surface area contributed by atoms with Crippen LogP contribution < -0.4 is 5.32 Å². The van der Waals surface area contributed by atoms with Gasteiger partial charge in [-0.1, -0.05) is 44.2 Å². The van der Waals surface area contributed by atoms with Crippen molar-refractivity contribution in [2.75, 3.05) is 0 Å². The lowest BCUT2D eigenvalue weighted by Gasteiger charge is -2.20. The van der Waals surface area contributed by atoms with E-state index in [2.05, 4.69) is 35.2 Å². The van der Waals surface area contributed by atoms with Crippen LogP contribution in [-0.4, -0.2) is 20.4 Å². The van der Waals surface area contributed by atoms with Gasteiger partial charge in [-0.3, -0.25) is 4.79 Å². The van der Waals surface area contributed by atoms with Crippen LogP contribution in [0, 0.1) is 5.92 Å². The van der Waals surface area contributed by atoms with Crippen LogP contribution in [0.15, 0.2) is 60.8 Å². The van der Waals surface area contributed by atoms with Gasteiger partial charge in [0.05, 0.1) is 17.1 Å². The van der Waals surface area contributed by atoms with Gasteiger partial charge in [-0.25, -0.2) is 4.98 Å². The molecule has 0 fully saturated rings. The number of benzene rings is 2. The number of fused-ring (bicyclic) bond motifs is 2. The van der Waals surface area contributed by atoms with Crippen LogP contribution >= 0.6 is 0 Å². The molecule has 0 aliphatic carbocycles. The monoisotopic (exact) mass is 346 g/mol. The predicted molar refractivity (Wildman–Crippen MR) is 104 cm³/mol. The first kappa shape index (κ1) is 16.4. The maximum absolute atomic E-state index is 12.7. The van der Waals surface area contributed by atoms with E-state index in [-0.39, 0.29) is 24.4 Å². The van der Waals surface area contributed by atoms with E-state index in [0.717, 1.165) is 27.8 Å². The Labute approximate surface area is 152 Å². The van der Waals surface area contributed by atoms with Crippen molar-refractivity contribution >= 4 is 27.8 Å². The van der Waals surface area contributed by atoms with Crippen LogP contribution in [0.5, 0.6) is 0 Å². The molecule has 132 valence electrons. The lowest BCUT2D eigenvalue weighted by atomic mass is 10.0. The van der Waals surface area contributed by atoms with Gasteiger partial charge in [0.25, 0.3) is 0 Å². The quantitative estimate of drug-likeness (QED) is 0.573. The lowest BCUT2D eigenvalue weighted by Crippen LogP contribution is -2.34. The van der Waals surface area contributed by atoms with Gasteiger partial charge in [-0.2, -0.15) is 0 Å². The van der Waals surface area contributed by atoms with Crippen molar-refractivity contribution in [3.05, 3.63) is 66.6 Å². The smallest absolute Gasteiger partial charge is 0.240 e. The highest BCUT2D eigenvalue weighted by Crippen LogP contribution is 2.22. The number of aromatic nitrogens is 3. The Morgan fingerprint density at radius 1 is 1.12 bits per heavy atom. The van der Waals surface area contributed by atoms with Gasteiger partial charge < -0.3 is 14.9 Å². The van der Waals surface area contributed by atoms with E-state index in [1.165, 1.54) is 0 Å². The Bertz CT molecular complexity index is 1030. The summed E-state index contributed by atoms with van der Waals surface area (Å²) in [6, 6.07) is 17.9. The average Bonchev–Trinajstić information content (AvgIpc) is 3.23. The van der Waals surface area contributed by atoms with E-state index in [4.69, 9.17) is 0 Å². The summed E-state index contributed by atoms with van der Waals surface area (Å²) in [7, 11) is 0. The van der Waals surface area contributed by atoms with Crippen molar-refractivity contribution in [1.82, 2.24) is 19.9 Å². The van der Waals surface area contributed by atoms with Crippen molar-refractivity contribution < 1.29 is 4.79 Å². The molecule has 0 aliphatic rings. The molecule has 2 N–H and O–H groups in total. The number of imidazole rings is 1. The Balaban J connectivity index is 1.55. The number of amides is 1. The zero-order chi connectivity index (χ0) is 18.1. The maximum Gasteiger partial charge on any atom is 0.240 e. The fourth-order valence-electron chi connectivity index (χ4n) is 3.32. The number of carbonyl (C=O) groups is 1. The number of H-pyrrole nitrogens is 1. The Kier molecular flexibility index (Phi) is 4.21. The van der Waals surface area contributed by atoms with E-state index in [1.807, 2.05) is 59.3 Å². The first-order chi connectivity index (χ1) is 12.6. The van der Waals surface area contributed by atoms with Crippen LogP contribution in [0.1, 0.15) is 25.7 Å². The zero-order valence-corrected chi connectivity index (χ0v) is 14.9. The van der Waals surface area contributed by atoms with Crippen LogP contribution in [0.4, 0.5) is 0 Å². The van der Waals surface area contributed by atoms with Crippen molar-refractivity contribution in [3.8, 4) is 0 Å². The van der Waals surface area contributed by atoms with Gasteiger partial charge >= 0.3 is 0 Å². The molecule has 0 saturated carbocycles. The second-order valence-electron chi connectivity index (χ2n) is 6.93. The SMILES string of the molecule is CC(C)[C@@H](NC(=O)Cn1ccc2ccccc21)c1nc2ccccc2[nH]1. The highest BCUT2D eigenvalue weighted by atomic mass is 16.2. The Morgan fingerprint density at radius 2 is 1.88 bits per heavy atom. The minimum absolute atomic E-state index is 0.0227. The van der Waals surface area contributed by atoms with E-state index in [0.29, 0.717) is 0 Å². The van der Waals surface area contributed by atoms with Gasteiger partial charge in [-0.15, -0.1) is 0 Å². The fourth-order valence-corrected chi connectivity index (χ4v) is 3.32. The molecule has 26 heavy (non-hydrogen) atoms. The number of para-hydroxylation sites is 3. The van der Waals surface area contributed by atoms with E-state index in [9.17, 15) is 4.79 Å². The minimum atomic E-state index is -0.156. The van der Waals surface area contributed by atoms with Crippen molar-refractivity contribution in [2.45, 2.75) is 26.4 Å². The van der Waals surface area contributed by atoms with Crippen molar-refractivity contribution in [3.63, 3.8) is 0 Å². The average molecular weight is 346 g/mol. The first-order valence-electron chi connectivity index (χ1n) is 8.90. The molecule has 0 bridgehead atoms. The van der Waals surface area contributed by atoms with Gasteiger partial charge in [-0.05, 0) is 35.6 Å². The summed E-state index contributed by atoms with van der Waals surface area (Å²) in [5.41, 5.74) is 2.96. The van der Waals surface area contributed by atoms with Gasteiger partial charge in [0.15, 0.2) is 0 Å². The second kappa shape index (κ2) is 6.67. The molecule has 5 heteroatoms. The minimum Gasteiger partial charge on any atom is -0.344 e. The molecule has 0 saturated heterocycles. The Morgan fingerprint density at radius 3 is 2.69 bits per heavy atom.